The first-order valence-electron chi connectivity index (χ1n) is 8.51. The highest BCUT2D eigenvalue weighted by molar-refractivity contribution is 5.92. The predicted octanol–water partition coefficient (Wildman–Crippen LogP) is 2.77. The van der Waals surface area contributed by atoms with E-state index in [1.54, 1.807) is 24.3 Å². The van der Waals surface area contributed by atoms with Crippen LogP contribution in [0.1, 0.15) is 6.42 Å². The summed E-state index contributed by atoms with van der Waals surface area (Å²) in [6, 6.07) is 12.1. The van der Waals surface area contributed by atoms with Crippen molar-refractivity contribution < 1.29 is 32.3 Å². The third kappa shape index (κ3) is 5.41. The van der Waals surface area contributed by atoms with E-state index in [2.05, 4.69) is 10.1 Å². The minimum atomic E-state index is -2.94. The first kappa shape index (κ1) is 20.1. The second-order valence-corrected chi connectivity index (χ2v) is 5.85. The topological polar surface area (TPSA) is 99.8 Å². The highest BCUT2D eigenvalue weighted by atomic mass is 19.3. The number of hydrogen-bond donors (Lipinski definition) is 1. The van der Waals surface area contributed by atoms with Gasteiger partial charge in [-0.15, -0.1) is 0 Å². The minimum absolute atomic E-state index is 0.0435. The second-order valence-electron chi connectivity index (χ2n) is 5.85. The molecule has 0 radical (unpaired) electrons. The summed E-state index contributed by atoms with van der Waals surface area (Å²) in [7, 11) is 0. The molecular weight excluding hydrogens is 390 g/mol. The van der Waals surface area contributed by atoms with Crippen LogP contribution in [0.5, 0.6) is 5.75 Å². The van der Waals surface area contributed by atoms with Crippen molar-refractivity contribution >= 4 is 28.7 Å². The van der Waals surface area contributed by atoms with Gasteiger partial charge in [-0.05, 0) is 36.4 Å². The lowest BCUT2D eigenvalue weighted by atomic mass is 10.3. The Morgan fingerprint density at radius 2 is 1.83 bits per heavy atom. The number of nitrogens with zero attached hydrogens (tertiary/aromatic N) is 1. The highest BCUT2D eigenvalue weighted by Gasteiger charge is 2.12. The van der Waals surface area contributed by atoms with Crippen molar-refractivity contribution in [1.29, 1.82) is 0 Å². The summed E-state index contributed by atoms with van der Waals surface area (Å²) in [4.78, 5) is 35.5. The number of anilines is 1. The molecule has 0 aliphatic heterocycles. The van der Waals surface area contributed by atoms with Crippen molar-refractivity contribution in [2.75, 3.05) is 11.9 Å². The summed E-state index contributed by atoms with van der Waals surface area (Å²) in [6.07, 6.45) is -0.129. The number of benzene rings is 2. The van der Waals surface area contributed by atoms with Crippen molar-refractivity contribution in [3.8, 4) is 5.75 Å². The van der Waals surface area contributed by atoms with Crippen LogP contribution < -0.4 is 15.8 Å². The molecule has 1 N–H and O–H groups in total. The van der Waals surface area contributed by atoms with E-state index in [4.69, 9.17) is 9.15 Å². The zero-order chi connectivity index (χ0) is 20.8. The van der Waals surface area contributed by atoms with Gasteiger partial charge in [0.25, 0.3) is 5.91 Å². The molecule has 0 unspecified atom stereocenters. The summed E-state index contributed by atoms with van der Waals surface area (Å²) in [5.74, 6) is -1.91. The lowest BCUT2D eigenvalue weighted by Crippen LogP contribution is -2.22. The molecule has 0 atom stereocenters. The molecule has 0 fully saturated rings. The maximum absolute atomic E-state index is 12.1. The lowest BCUT2D eigenvalue weighted by Gasteiger charge is -2.08. The van der Waals surface area contributed by atoms with E-state index in [9.17, 15) is 23.2 Å². The number of ether oxygens (including phenoxy) is 2. The van der Waals surface area contributed by atoms with Gasteiger partial charge in [0, 0.05) is 12.2 Å². The van der Waals surface area contributed by atoms with Crippen LogP contribution in [0.4, 0.5) is 14.5 Å². The number of esters is 1. The molecule has 10 heteroatoms. The van der Waals surface area contributed by atoms with E-state index in [-0.39, 0.29) is 18.7 Å². The van der Waals surface area contributed by atoms with Gasteiger partial charge in [0.2, 0.25) is 0 Å². The Balaban J connectivity index is 1.46. The van der Waals surface area contributed by atoms with Gasteiger partial charge in [0.1, 0.15) is 5.75 Å². The van der Waals surface area contributed by atoms with Gasteiger partial charge in [0.05, 0.1) is 11.9 Å². The van der Waals surface area contributed by atoms with Crippen LogP contribution in [0.25, 0.3) is 11.1 Å². The van der Waals surface area contributed by atoms with Gasteiger partial charge in [-0.25, -0.2) is 4.79 Å². The minimum Gasteiger partial charge on any atom is -0.456 e. The van der Waals surface area contributed by atoms with Gasteiger partial charge < -0.3 is 19.2 Å². The van der Waals surface area contributed by atoms with E-state index in [0.717, 1.165) is 0 Å². The molecule has 1 aromatic heterocycles. The van der Waals surface area contributed by atoms with Crippen molar-refractivity contribution in [3.05, 3.63) is 59.1 Å². The Morgan fingerprint density at radius 3 is 2.55 bits per heavy atom. The number of hydrogen-bond acceptors (Lipinski definition) is 6. The molecule has 1 amide bonds. The molecule has 0 saturated carbocycles. The normalized spacial score (nSPS) is 10.9. The van der Waals surface area contributed by atoms with Gasteiger partial charge in [-0.3, -0.25) is 14.2 Å². The molecule has 8 nitrogen and oxygen atoms in total. The fourth-order valence-electron chi connectivity index (χ4n) is 2.56. The largest absolute Gasteiger partial charge is 0.456 e. The Bertz CT molecular complexity index is 1060. The molecule has 0 saturated heterocycles. The maximum atomic E-state index is 12.1. The number of amides is 1. The molecule has 152 valence electrons. The Morgan fingerprint density at radius 1 is 1.10 bits per heavy atom. The van der Waals surface area contributed by atoms with E-state index < -0.39 is 30.9 Å². The van der Waals surface area contributed by atoms with Crippen molar-refractivity contribution in [2.45, 2.75) is 19.6 Å². The number of rotatable bonds is 8. The van der Waals surface area contributed by atoms with Crippen LogP contribution in [-0.2, 0) is 20.9 Å². The van der Waals surface area contributed by atoms with Crippen LogP contribution in [0.15, 0.2) is 57.7 Å². The number of nitrogens with one attached hydrogen (secondary N) is 1. The fraction of sp³-hybridized carbons (Fsp3) is 0.211. The lowest BCUT2D eigenvalue weighted by molar-refractivity contribution is -0.147. The summed E-state index contributed by atoms with van der Waals surface area (Å²) in [5, 5.41) is 2.45. The average Bonchev–Trinajstić information content (AvgIpc) is 3.01. The zero-order valence-corrected chi connectivity index (χ0v) is 15.0. The average molecular weight is 406 g/mol. The highest BCUT2D eigenvalue weighted by Crippen LogP contribution is 2.17. The predicted molar refractivity (Wildman–Crippen MR) is 97.8 cm³/mol. The molecule has 3 aromatic rings. The van der Waals surface area contributed by atoms with E-state index in [1.807, 2.05) is 0 Å². The quantitative estimate of drug-likeness (QED) is 0.578. The Kier molecular flexibility index (Phi) is 6.22. The van der Waals surface area contributed by atoms with Crippen LogP contribution in [0.2, 0.25) is 0 Å². The fourth-order valence-corrected chi connectivity index (χ4v) is 2.56. The van der Waals surface area contributed by atoms with Crippen LogP contribution >= 0.6 is 0 Å². The third-order valence-corrected chi connectivity index (χ3v) is 3.84. The van der Waals surface area contributed by atoms with Gasteiger partial charge >= 0.3 is 18.3 Å². The molecule has 29 heavy (non-hydrogen) atoms. The number of carbonyl (C=O) groups is 2. The van der Waals surface area contributed by atoms with E-state index in [0.29, 0.717) is 16.8 Å². The molecule has 3 rings (SSSR count). The standard InChI is InChI=1S/C19H16F2N2O6/c20-18(21)28-13-7-5-12(6-8-13)22-16(24)11-27-17(25)9-10-23-14-3-1-2-4-15(14)29-19(23)26/h1-8,18H,9-11H2,(H,22,24). The molecular formula is C19H16F2N2O6. The summed E-state index contributed by atoms with van der Waals surface area (Å²) < 4.78 is 39.6. The number of aryl methyl sites for hydroxylation is 1. The van der Waals surface area contributed by atoms with E-state index >= 15 is 0 Å². The third-order valence-electron chi connectivity index (χ3n) is 3.84. The first-order chi connectivity index (χ1) is 13.9. The molecule has 2 aromatic carbocycles. The van der Waals surface area contributed by atoms with Gasteiger partial charge in [-0.2, -0.15) is 8.78 Å². The molecule has 0 bridgehead atoms. The summed E-state index contributed by atoms with van der Waals surface area (Å²) in [5.41, 5.74) is 1.29. The second kappa shape index (κ2) is 9.00. The number of alkyl halides is 2. The Hall–Kier alpha value is -3.69. The SMILES string of the molecule is O=C(COC(=O)CCn1c(=O)oc2ccccc21)Nc1ccc(OC(F)F)cc1. The van der Waals surface area contributed by atoms with Crippen molar-refractivity contribution in [1.82, 2.24) is 4.57 Å². The summed E-state index contributed by atoms with van der Waals surface area (Å²) in [6.45, 7) is -3.43. The number of fused-ring (bicyclic) bond motifs is 1. The van der Waals surface area contributed by atoms with Crippen molar-refractivity contribution in [2.24, 2.45) is 0 Å². The van der Waals surface area contributed by atoms with Crippen LogP contribution in [0.3, 0.4) is 0 Å². The van der Waals surface area contributed by atoms with Crippen LogP contribution in [0, 0.1) is 0 Å². The number of aromatic nitrogens is 1. The van der Waals surface area contributed by atoms with Gasteiger partial charge in [0.15, 0.2) is 12.2 Å². The maximum Gasteiger partial charge on any atom is 0.419 e. The molecule has 0 spiro atoms. The number of para-hydroxylation sites is 2. The number of carbonyl (C=O) groups excluding carboxylic acids is 2. The molecule has 1 heterocycles. The Labute approximate surface area is 162 Å². The van der Waals surface area contributed by atoms with Gasteiger partial charge in [-0.1, -0.05) is 12.1 Å². The summed E-state index contributed by atoms with van der Waals surface area (Å²) >= 11 is 0. The van der Waals surface area contributed by atoms with E-state index in [1.165, 1.54) is 28.8 Å². The number of halogens is 2. The smallest absolute Gasteiger partial charge is 0.419 e. The zero-order valence-electron chi connectivity index (χ0n) is 15.0. The van der Waals surface area contributed by atoms with Crippen LogP contribution in [-0.4, -0.2) is 29.7 Å². The first-order valence-corrected chi connectivity index (χ1v) is 8.51. The monoisotopic (exact) mass is 406 g/mol. The molecule has 0 aliphatic carbocycles. The van der Waals surface area contributed by atoms with Crippen molar-refractivity contribution in [3.63, 3.8) is 0 Å². The molecule has 0 aliphatic rings. The number of oxazole rings is 1.